The molecule has 9 aliphatic rings. The highest BCUT2D eigenvalue weighted by Gasteiger charge is 2.70. The Morgan fingerprint density at radius 2 is 2.04 bits per heavy atom. The zero-order chi connectivity index (χ0) is 33.0. The van der Waals surface area contributed by atoms with E-state index in [0.717, 1.165) is 48.3 Å². The summed E-state index contributed by atoms with van der Waals surface area (Å²) >= 11 is 0. The molecule has 9 heterocycles. The van der Waals surface area contributed by atoms with Crippen molar-refractivity contribution < 1.29 is 19.4 Å². The Morgan fingerprint density at radius 3 is 2.88 bits per heavy atom. The van der Waals surface area contributed by atoms with Gasteiger partial charge >= 0.3 is 0 Å². The van der Waals surface area contributed by atoms with Gasteiger partial charge in [-0.2, -0.15) is 0 Å². The number of aliphatic hydroxyl groups is 1. The number of aliphatic hydroxyl groups excluding tert-OH is 1. The molecule has 11 atom stereocenters. The van der Waals surface area contributed by atoms with Gasteiger partial charge in [-0.15, -0.1) is 6.58 Å². The average molecular weight is 659 g/mol. The summed E-state index contributed by atoms with van der Waals surface area (Å²) < 4.78 is 11.6. The number of piperidine rings is 5. The molecule has 0 radical (unpaired) electrons. The molecule has 3 aromatic rings. The highest BCUT2D eigenvalue weighted by Crippen LogP contribution is 2.65. The normalized spacial score (nSPS) is 38.2. The molecular formula is C41H46N4O4. The average Bonchev–Trinajstić information content (AvgIpc) is 3.63. The third-order valence-electron chi connectivity index (χ3n) is 14.0. The molecule has 6 saturated heterocycles. The first-order valence-electron chi connectivity index (χ1n) is 18.4. The van der Waals surface area contributed by atoms with Crippen molar-refractivity contribution in [1.29, 1.82) is 0 Å². The number of pyridine rings is 1. The fraction of sp³-hybridized carbons (Fsp3) is 0.512. The van der Waals surface area contributed by atoms with E-state index in [4.69, 9.17) is 9.47 Å². The SMILES string of the molecule is C=C[C@H]1C[N@]2CC[C@H]1C[C@H]2[C@H](O)c1ccnc2ccc(OC)cc12.O=C1C[C@@H]2OCC=C3CN4CC[C@]56c7ccccc7N1[C@H]5[C@H]2[C@H]3C[C@H]46. The van der Waals surface area contributed by atoms with E-state index < -0.39 is 6.10 Å². The topological polar surface area (TPSA) is 78.4 Å². The summed E-state index contributed by atoms with van der Waals surface area (Å²) in [6, 6.07) is 17.6. The van der Waals surface area contributed by atoms with E-state index in [1.165, 1.54) is 37.1 Å². The predicted molar refractivity (Wildman–Crippen MR) is 188 cm³/mol. The summed E-state index contributed by atoms with van der Waals surface area (Å²) in [6.07, 6.45) is 11.1. The van der Waals surface area contributed by atoms with Crippen molar-refractivity contribution >= 4 is 22.5 Å². The summed E-state index contributed by atoms with van der Waals surface area (Å²) in [5.41, 5.74) is 6.20. The van der Waals surface area contributed by atoms with Crippen LogP contribution in [0.1, 0.15) is 49.3 Å². The van der Waals surface area contributed by atoms with Crippen LogP contribution in [0.2, 0.25) is 0 Å². The number of hydrogen-bond donors (Lipinski definition) is 1. The lowest BCUT2D eigenvalue weighted by molar-refractivity contribution is -0.132. The smallest absolute Gasteiger partial charge is 0.229 e. The van der Waals surface area contributed by atoms with Gasteiger partial charge in [-0.1, -0.05) is 35.9 Å². The molecule has 1 aliphatic carbocycles. The van der Waals surface area contributed by atoms with E-state index in [1.807, 2.05) is 24.3 Å². The molecule has 1 aromatic heterocycles. The van der Waals surface area contributed by atoms with Crippen LogP contribution >= 0.6 is 0 Å². The van der Waals surface area contributed by atoms with Gasteiger partial charge in [0.2, 0.25) is 5.91 Å². The lowest BCUT2D eigenvalue weighted by Crippen LogP contribution is -2.69. The summed E-state index contributed by atoms with van der Waals surface area (Å²) in [7, 11) is 1.66. The number of ether oxygens (including phenoxy) is 2. The van der Waals surface area contributed by atoms with Gasteiger partial charge in [0.05, 0.1) is 43.9 Å². The maximum Gasteiger partial charge on any atom is 0.229 e. The van der Waals surface area contributed by atoms with Gasteiger partial charge in [-0.05, 0) is 98.0 Å². The van der Waals surface area contributed by atoms with Gasteiger partial charge in [-0.3, -0.25) is 19.6 Å². The number of hydrogen-bond acceptors (Lipinski definition) is 7. The van der Waals surface area contributed by atoms with Crippen LogP contribution in [0.15, 0.2) is 79.0 Å². The molecule has 4 bridgehead atoms. The van der Waals surface area contributed by atoms with E-state index in [2.05, 4.69) is 62.7 Å². The van der Waals surface area contributed by atoms with Crippen LogP contribution in [-0.4, -0.2) is 89.9 Å². The Kier molecular flexibility index (Phi) is 6.94. The van der Waals surface area contributed by atoms with E-state index in [9.17, 15) is 9.90 Å². The fourth-order valence-corrected chi connectivity index (χ4v) is 12.0. The van der Waals surface area contributed by atoms with Crippen LogP contribution < -0.4 is 9.64 Å². The van der Waals surface area contributed by atoms with Crippen molar-refractivity contribution in [3.8, 4) is 5.75 Å². The van der Waals surface area contributed by atoms with Crippen LogP contribution in [0.25, 0.3) is 10.9 Å². The number of carbonyl (C=O) groups excluding carboxylic acids is 1. The zero-order valence-electron chi connectivity index (χ0n) is 28.3. The molecule has 49 heavy (non-hydrogen) atoms. The van der Waals surface area contributed by atoms with Crippen molar-refractivity contribution in [1.82, 2.24) is 14.8 Å². The van der Waals surface area contributed by atoms with Gasteiger partial charge in [0.25, 0.3) is 0 Å². The molecule has 0 unspecified atom stereocenters. The number of amides is 1. The van der Waals surface area contributed by atoms with Crippen molar-refractivity contribution in [3.63, 3.8) is 0 Å². The Morgan fingerprint density at radius 1 is 1.14 bits per heavy atom. The number of methoxy groups -OCH3 is 1. The molecule has 8 nitrogen and oxygen atoms in total. The standard InChI is InChI=1S/C21H22N2O2.C20H24N2O2/c24-18-10-16-19-13-9-17-21(6-7-22(17)11-12(13)5-8-25-16)14-3-1-2-4-15(14)23(18)20(19)21;1-3-13-12-22-9-7-14(13)10-19(22)20(23)16-6-8-21-18-5-4-15(24-2)11-17(16)18/h1-5,13,16-17,19-20H,6-11H2;3-6,8,11,13-14,19-20,23H,1,7,9-10,12H2,2H3/t13-,16-,17-,19-,20-,21+;13-,14-,19-,20+/m00/s1. The molecule has 1 saturated carbocycles. The van der Waals surface area contributed by atoms with Crippen molar-refractivity contribution in [3.05, 3.63) is 90.2 Å². The van der Waals surface area contributed by atoms with Crippen LogP contribution in [0.5, 0.6) is 5.75 Å². The Hall–Kier alpha value is -3.56. The van der Waals surface area contributed by atoms with E-state index in [0.29, 0.717) is 48.8 Å². The number of aromatic nitrogens is 1. The molecule has 1 amide bonds. The zero-order valence-corrected chi connectivity index (χ0v) is 28.3. The first-order valence-corrected chi connectivity index (χ1v) is 18.4. The van der Waals surface area contributed by atoms with Crippen molar-refractivity contribution in [2.75, 3.05) is 44.8 Å². The fourth-order valence-electron chi connectivity index (χ4n) is 12.0. The van der Waals surface area contributed by atoms with Crippen LogP contribution in [0.4, 0.5) is 5.69 Å². The lowest BCUT2D eigenvalue weighted by atomic mass is 9.53. The second-order valence-corrected chi connectivity index (χ2v) is 15.8. The number of fused-ring (bicyclic) bond motifs is 6. The summed E-state index contributed by atoms with van der Waals surface area (Å²) in [4.78, 5) is 24.9. The van der Waals surface area contributed by atoms with Gasteiger partial charge in [0.1, 0.15) is 5.75 Å². The number of anilines is 1. The minimum absolute atomic E-state index is 0.104. The van der Waals surface area contributed by atoms with Gasteiger partial charge in [-0.25, -0.2) is 0 Å². The van der Waals surface area contributed by atoms with Crippen LogP contribution in [0, 0.1) is 23.7 Å². The second kappa shape index (κ2) is 11.2. The quantitative estimate of drug-likeness (QED) is 0.383. The molecule has 1 spiro atoms. The number of nitrogens with zero attached hydrogens (tertiary/aromatic N) is 4. The Balaban J connectivity index is 0.000000125. The summed E-state index contributed by atoms with van der Waals surface area (Å²) in [5.74, 6) is 3.36. The van der Waals surface area contributed by atoms with E-state index in [1.54, 1.807) is 18.9 Å². The van der Waals surface area contributed by atoms with Crippen LogP contribution in [-0.2, 0) is 14.9 Å². The molecular weight excluding hydrogens is 612 g/mol. The first kappa shape index (κ1) is 30.3. The lowest BCUT2D eigenvalue weighted by Gasteiger charge is -2.58. The summed E-state index contributed by atoms with van der Waals surface area (Å²) in [6.45, 7) is 9.04. The molecule has 7 fully saturated rings. The van der Waals surface area contributed by atoms with E-state index in [-0.39, 0.29) is 23.5 Å². The second-order valence-electron chi connectivity index (χ2n) is 15.8. The molecule has 254 valence electrons. The maximum absolute atomic E-state index is 13.2. The first-order chi connectivity index (χ1) is 24.0. The van der Waals surface area contributed by atoms with Gasteiger partial charge in [0, 0.05) is 53.8 Å². The molecule has 1 N–H and O–H groups in total. The minimum Gasteiger partial charge on any atom is -0.497 e. The summed E-state index contributed by atoms with van der Waals surface area (Å²) in [5, 5.41) is 12.1. The number of benzene rings is 2. The Bertz CT molecular complexity index is 1880. The molecule has 12 rings (SSSR count). The van der Waals surface area contributed by atoms with Crippen molar-refractivity contribution in [2.24, 2.45) is 23.7 Å². The highest BCUT2D eigenvalue weighted by molar-refractivity contribution is 5.99. The minimum atomic E-state index is -0.504. The maximum atomic E-state index is 13.2. The molecule has 8 aliphatic heterocycles. The van der Waals surface area contributed by atoms with Gasteiger partial charge < -0.3 is 19.5 Å². The third-order valence-corrected chi connectivity index (χ3v) is 14.0. The number of carbonyl (C=O) groups is 1. The highest BCUT2D eigenvalue weighted by atomic mass is 16.5. The Labute approximate surface area is 288 Å². The molecule has 8 heteroatoms. The molecule has 2 aromatic carbocycles. The largest absolute Gasteiger partial charge is 0.497 e. The number of para-hydroxylation sites is 1. The van der Waals surface area contributed by atoms with E-state index >= 15 is 0 Å². The van der Waals surface area contributed by atoms with Crippen LogP contribution in [0.3, 0.4) is 0 Å². The van der Waals surface area contributed by atoms with Gasteiger partial charge in [0.15, 0.2) is 0 Å². The monoisotopic (exact) mass is 658 g/mol. The third kappa shape index (κ3) is 4.24. The van der Waals surface area contributed by atoms with Crippen molar-refractivity contribution in [2.45, 2.75) is 67.9 Å². The predicted octanol–water partition coefficient (Wildman–Crippen LogP) is 5.27. The number of rotatable bonds is 4.